The summed E-state index contributed by atoms with van der Waals surface area (Å²) in [6.07, 6.45) is 1.11. The standard InChI is InChI=1S/C8H12O4/c1-3-7(9)10-6-8(2)11-4-5-12-8/h3H,1,4-6H2,2H3. The lowest BCUT2D eigenvalue weighted by Gasteiger charge is -2.20. The summed E-state index contributed by atoms with van der Waals surface area (Å²) in [6.45, 7) is 6.20. The van der Waals surface area contributed by atoms with E-state index < -0.39 is 11.8 Å². The van der Waals surface area contributed by atoms with Gasteiger partial charge in [0, 0.05) is 6.08 Å². The average Bonchev–Trinajstić information content (AvgIpc) is 2.49. The Morgan fingerprint density at radius 3 is 2.75 bits per heavy atom. The summed E-state index contributed by atoms with van der Waals surface area (Å²) in [4.78, 5) is 10.7. The second kappa shape index (κ2) is 3.69. The van der Waals surface area contributed by atoms with E-state index in [0.717, 1.165) is 6.08 Å². The molecule has 1 saturated heterocycles. The molecule has 0 spiro atoms. The molecule has 4 nitrogen and oxygen atoms in total. The number of hydrogen-bond donors (Lipinski definition) is 0. The molecule has 1 fully saturated rings. The van der Waals surface area contributed by atoms with E-state index in [0.29, 0.717) is 13.2 Å². The van der Waals surface area contributed by atoms with Crippen LogP contribution in [0.4, 0.5) is 0 Å². The van der Waals surface area contributed by atoms with E-state index in [-0.39, 0.29) is 6.61 Å². The van der Waals surface area contributed by atoms with Crippen molar-refractivity contribution in [2.24, 2.45) is 0 Å². The summed E-state index contributed by atoms with van der Waals surface area (Å²) in [6, 6.07) is 0. The van der Waals surface area contributed by atoms with Gasteiger partial charge in [-0.2, -0.15) is 0 Å². The third-order valence-electron chi connectivity index (χ3n) is 1.54. The largest absolute Gasteiger partial charge is 0.457 e. The van der Waals surface area contributed by atoms with E-state index in [9.17, 15) is 4.79 Å². The Kier molecular flexibility index (Phi) is 2.83. The van der Waals surface area contributed by atoms with Crippen LogP contribution in [0.3, 0.4) is 0 Å². The Labute approximate surface area is 71.1 Å². The van der Waals surface area contributed by atoms with Gasteiger partial charge in [-0.3, -0.25) is 0 Å². The van der Waals surface area contributed by atoms with Crippen LogP contribution in [0.5, 0.6) is 0 Å². The Hall–Kier alpha value is -0.870. The first-order valence-corrected chi connectivity index (χ1v) is 3.73. The number of esters is 1. The minimum Gasteiger partial charge on any atom is -0.457 e. The summed E-state index contributed by atoms with van der Waals surface area (Å²) in [7, 11) is 0. The zero-order chi connectivity index (χ0) is 9.03. The monoisotopic (exact) mass is 172 g/mol. The third kappa shape index (κ3) is 2.32. The molecule has 0 saturated carbocycles. The van der Waals surface area contributed by atoms with Gasteiger partial charge < -0.3 is 14.2 Å². The molecule has 0 atom stereocenters. The van der Waals surface area contributed by atoms with Gasteiger partial charge in [0.25, 0.3) is 0 Å². The molecule has 0 aromatic rings. The van der Waals surface area contributed by atoms with Gasteiger partial charge in [0.15, 0.2) is 5.79 Å². The maximum atomic E-state index is 10.7. The van der Waals surface area contributed by atoms with Gasteiger partial charge in [-0.25, -0.2) is 4.79 Å². The molecule has 0 amide bonds. The minimum absolute atomic E-state index is 0.109. The van der Waals surface area contributed by atoms with Crippen molar-refractivity contribution in [3.05, 3.63) is 12.7 Å². The molecule has 0 radical (unpaired) electrons. The zero-order valence-corrected chi connectivity index (χ0v) is 7.04. The van der Waals surface area contributed by atoms with Crippen LogP contribution >= 0.6 is 0 Å². The van der Waals surface area contributed by atoms with Crippen molar-refractivity contribution >= 4 is 5.97 Å². The highest BCUT2D eigenvalue weighted by atomic mass is 16.8. The van der Waals surface area contributed by atoms with Crippen LogP contribution < -0.4 is 0 Å². The van der Waals surface area contributed by atoms with E-state index in [2.05, 4.69) is 6.58 Å². The van der Waals surface area contributed by atoms with Crippen molar-refractivity contribution in [2.45, 2.75) is 12.7 Å². The molecule has 1 aliphatic rings. The quantitative estimate of drug-likeness (QED) is 0.458. The van der Waals surface area contributed by atoms with E-state index in [1.807, 2.05) is 0 Å². The highest BCUT2D eigenvalue weighted by Crippen LogP contribution is 2.18. The molecular formula is C8H12O4. The molecule has 4 heteroatoms. The van der Waals surface area contributed by atoms with Crippen molar-refractivity contribution in [1.29, 1.82) is 0 Å². The Balaban J connectivity index is 2.30. The fourth-order valence-electron chi connectivity index (χ4n) is 0.901. The van der Waals surface area contributed by atoms with Crippen LogP contribution in [-0.4, -0.2) is 31.6 Å². The van der Waals surface area contributed by atoms with Gasteiger partial charge in [-0.15, -0.1) is 0 Å². The van der Waals surface area contributed by atoms with Crippen molar-refractivity contribution in [3.63, 3.8) is 0 Å². The molecule has 0 bridgehead atoms. The molecule has 1 aliphatic heterocycles. The van der Waals surface area contributed by atoms with Crippen molar-refractivity contribution < 1.29 is 19.0 Å². The second-order valence-corrected chi connectivity index (χ2v) is 2.64. The number of hydrogen-bond acceptors (Lipinski definition) is 4. The fraction of sp³-hybridized carbons (Fsp3) is 0.625. The fourth-order valence-corrected chi connectivity index (χ4v) is 0.901. The van der Waals surface area contributed by atoms with Crippen molar-refractivity contribution in [1.82, 2.24) is 0 Å². The molecule has 68 valence electrons. The SMILES string of the molecule is C=CC(=O)OCC1(C)OCCO1. The van der Waals surface area contributed by atoms with Gasteiger partial charge in [0.05, 0.1) is 13.2 Å². The minimum atomic E-state index is -0.765. The van der Waals surface area contributed by atoms with Crippen LogP contribution in [0.15, 0.2) is 12.7 Å². The lowest BCUT2D eigenvalue weighted by Crippen LogP contribution is -2.32. The summed E-state index contributed by atoms with van der Waals surface area (Å²) in [5.41, 5.74) is 0. The average molecular weight is 172 g/mol. The first-order chi connectivity index (χ1) is 5.66. The van der Waals surface area contributed by atoms with Gasteiger partial charge >= 0.3 is 5.97 Å². The predicted molar refractivity (Wildman–Crippen MR) is 41.5 cm³/mol. The second-order valence-electron chi connectivity index (χ2n) is 2.64. The summed E-state index contributed by atoms with van der Waals surface area (Å²) < 4.78 is 15.2. The van der Waals surface area contributed by atoms with E-state index in [1.54, 1.807) is 6.92 Å². The van der Waals surface area contributed by atoms with E-state index in [1.165, 1.54) is 0 Å². The molecule has 0 aromatic heterocycles. The summed E-state index contributed by atoms with van der Waals surface area (Å²) in [5.74, 6) is -1.23. The van der Waals surface area contributed by atoms with Gasteiger partial charge in [-0.1, -0.05) is 6.58 Å². The van der Waals surface area contributed by atoms with Gasteiger partial charge in [0.2, 0.25) is 0 Å². The van der Waals surface area contributed by atoms with Crippen LogP contribution in [0, 0.1) is 0 Å². The first kappa shape index (κ1) is 9.22. The van der Waals surface area contributed by atoms with Gasteiger partial charge in [0.1, 0.15) is 6.61 Å². The first-order valence-electron chi connectivity index (χ1n) is 3.73. The molecule has 1 rings (SSSR count). The number of carbonyl (C=O) groups excluding carboxylic acids is 1. The normalized spacial score (nSPS) is 20.4. The molecule has 1 heterocycles. The Bertz CT molecular complexity index is 181. The van der Waals surface area contributed by atoms with Crippen LogP contribution in [0.1, 0.15) is 6.92 Å². The molecule has 0 aromatic carbocycles. The van der Waals surface area contributed by atoms with Gasteiger partial charge in [-0.05, 0) is 6.92 Å². The Morgan fingerprint density at radius 2 is 2.25 bits per heavy atom. The molecule has 0 unspecified atom stereocenters. The van der Waals surface area contributed by atoms with E-state index in [4.69, 9.17) is 14.2 Å². The number of rotatable bonds is 3. The summed E-state index contributed by atoms with van der Waals surface area (Å²) in [5, 5.41) is 0. The topological polar surface area (TPSA) is 44.8 Å². The maximum absolute atomic E-state index is 10.7. The molecular weight excluding hydrogens is 160 g/mol. The molecule has 12 heavy (non-hydrogen) atoms. The van der Waals surface area contributed by atoms with Crippen LogP contribution in [-0.2, 0) is 19.0 Å². The highest BCUT2D eigenvalue weighted by Gasteiger charge is 2.32. The third-order valence-corrected chi connectivity index (χ3v) is 1.54. The molecule has 0 N–H and O–H groups in total. The lowest BCUT2D eigenvalue weighted by molar-refractivity contribution is -0.186. The smallest absolute Gasteiger partial charge is 0.330 e. The van der Waals surface area contributed by atoms with Crippen molar-refractivity contribution in [3.8, 4) is 0 Å². The van der Waals surface area contributed by atoms with Crippen LogP contribution in [0.2, 0.25) is 0 Å². The summed E-state index contributed by atoms with van der Waals surface area (Å²) >= 11 is 0. The van der Waals surface area contributed by atoms with Crippen molar-refractivity contribution in [2.75, 3.05) is 19.8 Å². The lowest BCUT2D eigenvalue weighted by atomic mass is 10.3. The predicted octanol–water partition coefficient (Wildman–Crippen LogP) is 0.479. The highest BCUT2D eigenvalue weighted by molar-refractivity contribution is 5.81. The maximum Gasteiger partial charge on any atom is 0.330 e. The molecule has 0 aliphatic carbocycles. The van der Waals surface area contributed by atoms with Crippen LogP contribution in [0.25, 0.3) is 0 Å². The zero-order valence-electron chi connectivity index (χ0n) is 7.04. The Morgan fingerprint density at radius 1 is 1.67 bits per heavy atom. The van der Waals surface area contributed by atoms with E-state index >= 15 is 0 Å². The number of ether oxygens (including phenoxy) is 3. The number of carbonyl (C=O) groups is 1.